The topological polar surface area (TPSA) is 118 Å². The predicted octanol–water partition coefficient (Wildman–Crippen LogP) is 5.86. The highest BCUT2D eigenvalue weighted by atomic mass is 32.2. The van der Waals surface area contributed by atoms with E-state index >= 15 is 0 Å². The number of azo groups is 1. The van der Waals surface area contributed by atoms with Crippen molar-refractivity contribution < 1.29 is 26.4 Å². The summed E-state index contributed by atoms with van der Waals surface area (Å²) in [7, 11) is -1.99. The lowest BCUT2D eigenvalue weighted by Crippen LogP contribution is -2.24. The van der Waals surface area contributed by atoms with Crippen LogP contribution in [0.4, 0.5) is 24.5 Å². The first-order chi connectivity index (χ1) is 17.8. The summed E-state index contributed by atoms with van der Waals surface area (Å²) in [5, 5.41) is 8.66. The molecule has 0 aliphatic heterocycles. The molecule has 3 aromatic rings. The highest BCUT2D eigenvalue weighted by Gasteiger charge is 2.34. The van der Waals surface area contributed by atoms with Gasteiger partial charge in [0.05, 0.1) is 23.5 Å². The number of nitrogen functional groups attached to an aromatic ring is 1. The van der Waals surface area contributed by atoms with Crippen LogP contribution in [0.3, 0.4) is 0 Å². The number of benzene rings is 2. The van der Waals surface area contributed by atoms with Crippen molar-refractivity contribution in [2.45, 2.75) is 50.7 Å². The van der Waals surface area contributed by atoms with E-state index in [2.05, 4.69) is 15.2 Å². The van der Waals surface area contributed by atoms with Crippen molar-refractivity contribution in [3.63, 3.8) is 0 Å². The normalized spacial score (nSPS) is 18.7. The highest BCUT2D eigenvalue weighted by molar-refractivity contribution is 7.92. The van der Waals surface area contributed by atoms with E-state index in [9.17, 15) is 26.4 Å². The number of nitrogens with zero attached hydrogens (tertiary/aromatic N) is 4. The molecular weight excluding hydrogens is 519 g/mol. The van der Waals surface area contributed by atoms with Gasteiger partial charge in [0.15, 0.2) is 0 Å². The number of halogens is 3. The molecule has 1 aromatic heterocycles. The summed E-state index contributed by atoms with van der Waals surface area (Å²) in [5.41, 5.74) is 7.93. The van der Waals surface area contributed by atoms with Crippen LogP contribution in [0.25, 0.3) is 10.9 Å². The van der Waals surface area contributed by atoms with Gasteiger partial charge >= 0.3 is 6.18 Å². The lowest BCUT2D eigenvalue weighted by atomic mass is 9.78. The molecular formula is C26H28F3N5O3S. The van der Waals surface area contributed by atoms with Crippen LogP contribution in [-0.4, -0.2) is 38.7 Å². The molecule has 1 heterocycles. The van der Waals surface area contributed by atoms with Gasteiger partial charge in [-0.05, 0) is 86.1 Å². The van der Waals surface area contributed by atoms with Crippen molar-refractivity contribution >= 4 is 38.2 Å². The number of pyridine rings is 1. The van der Waals surface area contributed by atoms with Gasteiger partial charge in [0.25, 0.3) is 5.91 Å². The molecule has 0 bridgehead atoms. The van der Waals surface area contributed by atoms with Crippen LogP contribution >= 0.6 is 0 Å². The van der Waals surface area contributed by atoms with Gasteiger partial charge < -0.3 is 5.73 Å². The molecule has 202 valence electrons. The fourth-order valence-electron chi connectivity index (χ4n) is 4.84. The number of aromatic nitrogens is 1. The highest BCUT2D eigenvalue weighted by Crippen LogP contribution is 2.42. The number of anilines is 2. The number of sulfonamides is 1. The number of aryl methyl sites for hydroxylation is 1. The number of carbonyl (C=O) groups is 1. The third-order valence-electron chi connectivity index (χ3n) is 6.95. The van der Waals surface area contributed by atoms with Gasteiger partial charge in [-0.2, -0.15) is 18.3 Å². The van der Waals surface area contributed by atoms with E-state index in [0.29, 0.717) is 42.3 Å². The number of hydrogen-bond donors (Lipinski definition) is 1. The van der Waals surface area contributed by atoms with Crippen molar-refractivity contribution in [3.8, 4) is 0 Å². The molecule has 0 spiro atoms. The Morgan fingerprint density at radius 2 is 1.71 bits per heavy atom. The maximum atomic E-state index is 13.2. The van der Waals surface area contributed by atoms with Crippen molar-refractivity contribution in [1.82, 2.24) is 4.98 Å². The zero-order chi connectivity index (χ0) is 27.8. The molecule has 0 saturated heterocycles. The molecule has 0 unspecified atom stereocenters. The minimum Gasteiger partial charge on any atom is -0.398 e. The second kappa shape index (κ2) is 10.3. The lowest BCUT2D eigenvalue weighted by Gasteiger charge is -2.28. The van der Waals surface area contributed by atoms with Gasteiger partial charge in [-0.25, -0.2) is 13.4 Å². The van der Waals surface area contributed by atoms with Crippen LogP contribution in [0.5, 0.6) is 0 Å². The molecule has 4 rings (SSSR count). The van der Waals surface area contributed by atoms with Gasteiger partial charge in [0, 0.05) is 23.7 Å². The third-order valence-corrected chi connectivity index (χ3v) is 8.15. The van der Waals surface area contributed by atoms with Crippen LogP contribution in [0, 0.1) is 6.92 Å². The quantitative estimate of drug-likeness (QED) is 0.402. The van der Waals surface area contributed by atoms with E-state index in [0.717, 1.165) is 27.8 Å². The number of rotatable bonds is 5. The predicted molar refractivity (Wildman–Crippen MR) is 140 cm³/mol. The lowest BCUT2D eigenvalue weighted by molar-refractivity contribution is -0.140. The van der Waals surface area contributed by atoms with Gasteiger partial charge in [-0.3, -0.25) is 9.10 Å². The number of hydrogen-bond acceptors (Lipinski definition) is 6. The Balaban J connectivity index is 1.45. The van der Waals surface area contributed by atoms with Crippen molar-refractivity contribution in [3.05, 3.63) is 64.8 Å². The maximum Gasteiger partial charge on any atom is 0.433 e. The number of fused-ring (bicyclic) bond motifs is 1. The number of amides is 1. The van der Waals surface area contributed by atoms with E-state index in [1.807, 2.05) is 6.92 Å². The van der Waals surface area contributed by atoms with Gasteiger partial charge in [0.1, 0.15) is 5.69 Å². The summed E-state index contributed by atoms with van der Waals surface area (Å²) in [6.07, 6.45) is -0.753. The minimum atomic E-state index is -4.58. The SMILES string of the molecule is Cc1ccc2nc(C(F)(F)F)cc(N)c2c1C1CCC(N=NC(=O)c2ccc(N(C)S(C)(=O)=O)cc2)CC1. The minimum absolute atomic E-state index is 0.0576. The Kier molecular flexibility index (Phi) is 7.46. The van der Waals surface area contributed by atoms with E-state index < -0.39 is 27.8 Å². The summed E-state index contributed by atoms with van der Waals surface area (Å²) in [6.45, 7) is 1.91. The first-order valence-electron chi connectivity index (χ1n) is 12.0. The van der Waals surface area contributed by atoms with Crippen LogP contribution in [0.2, 0.25) is 0 Å². The monoisotopic (exact) mass is 547 g/mol. The molecule has 0 radical (unpaired) electrons. The van der Waals surface area contributed by atoms with Crippen LogP contribution in [-0.2, 0) is 16.2 Å². The molecule has 1 aliphatic carbocycles. The summed E-state index contributed by atoms with van der Waals surface area (Å²) >= 11 is 0. The van der Waals surface area contributed by atoms with Gasteiger partial charge in [-0.15, -0.1) is 5.11 Å². The fraction of sp³-hybridized carbons (Fsp3) is 0.385. The van der Waals surface area contributed by atoms with E-state index in [1.54, 1.807) is 12.1 Å². The molecule has 1 saturated carbocycles. The summed E-state index contributed by atoms with van der Waals surface area (Å²) in [4.78, 5) is 16.3. The molecule has 8 nitrogen and oxygen atoms in total. The molecule has 38 heavy (non-hydrogen) atoms. The standard InChI is InChI=1S/C26H28F3N5O3S/c1-15-4-13-21-24(20(30)14-22(31-21)26(27,28)29)23(15)16-5-9-18(10-6-16)32-33-25(35)17-7-11-19(12-8-17)34(2)38(3,36)37/h4,7-8,11-14,16,18H,5-6,9-10H2,1-3H3,(H2,30,31). The molecule has 0 atom stereocenters. The Morgan fingerprint density at radius 1 is 1.08 bits per heavy atom. The Morgan fingerprint density at radius 3 is 2.29 bits per heavy atom. The van der Waals surface area contributed by atoms with Crippen LogP contribution in [0.1, 0.15) is 58.8 Å². The molecule has 1 fully saturated rings. The van der Waals surface area contributed by atoms with E-state index in [-0.39, 0.29) is 23.2 Å². The largest absolute Gasteiger partial charge is 0.433 e. The van der Waals surface area contributed by atoms with E-state index in [4.69, 9.17) is 5.73 Å². The fourth-order valence-corrected chi connectivity index (χ4v) is 5.34. The number of alkyl halides is 3. The first-order valence-corrected chi connectivity index (χ1v) is 13.9. The number of nitrogens with two attached hydrogens (primary N) is 1. The Labute approximate surface area is 218 Å². The van der Waals surface area contributed by atoms with Crippen molar-refractivity contribution in [2.75, 3.05) is 23.3 Å². The average molecular weight is 548 g/mol. The smallest absolute Gasteiger partial charge is 0.398 e. The van der Waals surface area contributed by atoms with Crippen LogP contribution < -0.4 is 10.0 Å². The zero-order valence-corrected chi connectivity index (χ0v) is 22.0. The second-order valence-electron chi connectivity index (χ2n) is 9.59. The summed E-state index contributed by atoms with van der Waals surface area (Å²) in [6, 6.07) is 10.1. The van der Waals surface area contributed by atoms with Crippen molar-refractivity contribution in [1.29, 1.82) is 0 Å². The molecule has 1 aliphatic rings. The van der Waals surface area contributed by atoms with Crippen LogP contribution in [0.15, 0.2) is 52.7 Å². The van der Waals surface area contributed by atoms with Crippen molar-refractivity contribution in [2.24, 2.45) is 10.2 Å². The Bertz CT molecular complexity index is 1500. The summed E-state index contributed by atoms with van der Waals surface area (Å²) < 4.78 is 64.1. The molecule has 2 aromatic carbocycles. The Hall–Kier alpha value is -3.54. The summed E-state index contributed by atoms with van der Waals surface area (Å²) in [5.74, 6) is -0.453. The molecule has 1 amide bonds. The second-order valence-corrected chi connectivity index (χ2v) is 11.6. The molecule has 2 N–H and O–H groups in total. The average Bonchev–Trinajstić information content (AvgIpc) is 2.86. The maximum absolute atomic E-state index is 13.2. The third kappa shape index (κ3) is 5.79. The number of carbonyl (C=O) groups excluding carboxylic acids is 1. The van der Waals surface area contributed by atoms with Gasteiger partial charge in [0.2, 0.25) is 10.0 Å². The van der Waals surface area contributed by atoms with E-state index in [1.165, 1.54) is 31.3 Å². The zero-order valence-electron chi connectivity index (χ0n) is 21.2. The molecule has 12 heteroatoms. The van der Waals surface area contributed by atoms with Gasteiger partial charge in [-0.1, -0.05) is 6.07 Å². The first kappa shape index (κ1) is 27.5.